The van der Waals surface area contributed by atoms with Crippen LogP contribution in [0.15, 0.2) is 0 Å². The lowest BCUT2D eigenvalue weighted by Crippen LogP contribution is -2.34. The van der Waals surface area contributed by atoms with Gasteiger partial charge < -0.3 is 20.3 Å². The van der Waals surface area contributed by atoms with Crippen LogP contribution in [0.2, 0.25) is 0 Å². The molecule has 280 valence electrons. The lowest BCUT2D eigenvalue weighted by atomic mass is 10.0. The zero-order chi connectivity index (χ0) is 33.9. The van der Waals surface area contributed by atoms with Crippen LogP contribution in [-0.4, -0.2) is 53.3 Å². The van der Waals surface area contributed by atoms with Gasteiger partial charge in [0.25, 0.3) is 0 Å². The predicted octanol–water partition coefficient (Wildman–Crippen LogP) is 11.0. The topological polar surface area (TPSA) is 116 Å². The maximum atomic E-state index is 12.5. The van der Waals surface area contributed by atoms with Gasteiger partial charge >= 0.3 is 17.9 Å². The van der Waals surface area contributed by atoms with E-state index in [0.29, 0.717) is 18.6 Å². The summed E-state index contributed by atoms with van der Waals surface area (Å²) in [6, 6.07) is -0.981. The molecule has 0 amide bonds. The van der Waals surface area contributed by atoms with Crippen LogP contribution < -0.4 is 5.73 Å². The molecule has 0 saturated heterocycles. The molecule has 0 aromatic rings. The van der Waals surface area contributed by atoms with E-state index < -0.39 is 18.1 Å². The van der Waals surface area contributed by atoms with Crippen LogP contribution in [0.25, 0.3) is 0 Å². The van der Waals surface area contributed by atoms with E-state index >= 15 is 0 Å². The second-order valence-corrected chi connectivity index (χ2v) is 14.3. The molecule has 0 aliphatic rings. The summed E-state index contributed by atoms with van der Waals surface area (Å²) in [5.74, 6) is -1.07. The van der Waals surface area contributed by atoms with E-state index in [9.17, 15) is 14.4 Å². The Labute approximate surface area is 299 Å². The monoisotopic (exact) mass is 707 g/mol. The fraction of sp³-hybridized carbons (Fsp3) is 0.921. The van der Waals surface area contributed by atoms with Gasteiger partial charge in [-0.1, -0.05) is 168 Å². The van der Waals surface area contributed by atoms with Crippen molar-refractivity contribution in [2.24, 2.45) is 5.73 Å². The molecule has 0 aromatic heterocycles. The molecule has 2 atom stereocenters. The number of carboxylic acid groups (broad SMARTS) is 1. The van der Waals surface area contributed by atoms with Gasteiger partial charge in [0.1, 0.15) is 18.8 Å². The van der Waals surface area contributed by atoms with Gasteiger partial charge in [-0.05, 0) is 12.8 Å². The van der Waals surface area contributed by atoms with Gasteiger partial charge in [-0.15, -0.1) is 12.4 Å². The molecule has 0 heterocycles. The van der Waals surface area contributed by atoms with Crippen LogP contribution in [0.1, 0.15) is 194 Å². The fourth-order valence-electron chi connectivity index (χ4n) is 5.59. The zero-order valence-corrected chi connectivity index (χ0v) is 32.1. The number of esters is 2. The third kappa shape index (κ3) is 36.1. The van der Waals surface area contributed by atoms with Crippen molar-refractivity contribution in [1.29, 1.82) is 0 Å². The van der Waals surface area contributed by atoms with Crippen LogP contribution in [0.3, 0.4) is 0 Å². The molecule has 0 radical (unpaired) electrons. The first-order valence-corrected chi connectivity index (χ1v) is 20.5. The number of ether oxygens (including phenoxy) is 2. The van der Waals surface area contributed by atoms with Crippen molar-refractivity contribution in [2.75, 3.05) is 18.1 Å². The van der Waals surface area contributed by atoms with E-state index in [-0.39, 0.29) is 36.7 Å². The Balaban J connectivity index is 0. The minimum atomic E-state index is -1.06. The zero-order valence-electron chi connectivity index (χ0n) is 30.5. The average molecular weight is 709 g/mol. The molecule has 0 aromatic carbocycles. The summed E-state index contributed by atoms with van der Waals surface area (Å²) in [5.41, 5.74) is 5.61. The molecule has 1 unspecified atom stereocenters. The van der Waals surface area contributed by atoms with Gasteiger partial charge in [-0.3, -0.25) is 14.4 Å². The SMILES string of the molecule is CCCCCCCCCCCCCCCC(=O)OCC(CSC[C@H](N)C(=O)O)OC(=O)CCCCCCCCCCCCCCC.Cl. The molecule has 0 aliphatic heterocycles. The van der Waals surface area contributed by atoms with Gasteiger partial charge in [0.15, 0.2) is 0 Å². The van der Waals surface area contributed by atoms with Gasteiger partial charge in [0.05, 0.1) is 0 Å². The number of unbranched alkanes of at least 4 members (excludes halogenated alkanes) is 24. The van der Waals surface area contributed by atoms with E-state index in [1.165, 1.54) is 140 Å². The van der Waals surface area contributed by atoms with E-state index in [2.05, 4.69) is 13.8 Å². The highest BCUT2D eigenvalue weighted by molar-refractivity contribution is 7.99. The molecule has 47 heavy (non-hydrogen) atoms. The minimum absolute atomic E-state index is 0. The summed E-state index contributed by atoms with van der Waals surface area (Å²) in [6.45, 7) is 4.51. The largest absolute Gasteiger partial charge is 0.480 e. The third-order valence-corrected chi connectivity index (χ3v) is 9.82. The number of thioether (sulfide) groups is 1. The number of rotatable bonds is 36. The van der Waals surface area contributed by atoms with Crippen LogP contribution in [0.4, 0.5) is 0 Å². The second kappa shape index (κ2) is 37.8. The summed E-state index contributed by atoms with van der Waals surface area (Å²) in [4.78, 5) is 35.9. The maximum Gasteiger partial charge on any atom is 0.321 e. The van der Waals surface area contributed by atoms with Crippen LogP contribution in [-0.2, 0) is 23.9 Å². The minimum Gasteiger partial charge on any atom is -0.480 e. The highest BCUT2D eigenvalue weighted by atomic mass is 35.5. The Kier molecular flexibility index (Phi) is 38.7. The molecule has 0 fully saturated rings. The highest BCUT2D eigenvalue weighted by Crippen LogP contribution is 2.16. The van der Waals surface area contributed by atoms with Crippen molar-refractivity contribution in [1.82, 2.24) is 0 Å². The molecule has 0 saturated carbocycles. The number of nitrogens with two attached hydrogens (primary N) is 1. The Morgan fingerprint density at radius 3 is 1.26 bits per heavy atom. The summed E-state index contributed by atoms with van der Waals surface area (Å²) in [7, 11) is 0. The molecule has 9 heteroatoms. The summed E-state index contributed by atoms with van der Waals surface area (Å²) >= 11 is 1.30. The molecule has 0 spiro atoms. The number of carboxylic acids is 1. The van der Waals surface area contributed by atoms with Crippen molar-refractivity contribution in [2.45, 2.75) is 206 Å². The molecule has 0 aliphatic carbocycles. The van der Waals surface area contributed by atoms with Crippen molar-refractivity contribution >= 4 is 42.1 Å². The standard InChI is InChI=1S/C38H73NO6S.ClH/c1-3-5-7-9-11-13-15-17-19-21-23-25-27-29-36(40)44-31-34(32-46-33-35(39)38(42)43)45-37(41)30-28-26-24-22-20-18-16-14-12-10-8-6-4-2;/h34-35H,3-33,39H2,1-2H3,(H,42,43);1H/t34?,35-;/m0./s1. The number of hydrogen-bond donors (Lipinski definition) is 2. The van der Waals surface area contributed by atoms with Crippen LogP contribution in [0, 0.1) is 0 Å². The van der Waals surface area contributed by atoms with E-state index in [0.717, 1.165) is 38.5 Å². The third-order valence-electron chi connectivity index (χ3n) is 8.62. The van der Waals surface area contributed by atoms with E-state index in [1.54, 1.807) is 0 Å². The predicted molar refractivity (Wildman–Crippen MR) is 202 cm³/mol. The molecular weight excluding hydrogens is 634 g/mol. The van der Waals surface area contributed by atoms with Gasteiger partial charge in [-0.25, -0.2) is 0 Å². The lowest BCUT2D eigenvalue weighted by molar-refractivity contribution is -0.157. The number of hydrogen-bond acceptors (Lipinski definition) is 7. The summed E-state index contributed by atoms with van der Waals surface area (Å²) in [5, 5.41) is 9.04. The number of aliphatic carboxylic acids is 1. The average Bonchev–Trinajstić information content (AvgIpc) is 3.04. The maximum absolute atomic E-state index is 12.5. The van der Waals surface area contributed by atoms with Crippen molar-refractivity contribution in [3.8, 4) is 0 Å². The number of halogens is 1. The summed E-state index contributed by atoms with van der Waals surface area (Å²) < 4.78 is 11.1. The van der Waals surface area contributed by atoms with Gasteiger partial charge in [0.2, 0.25) is 0 Å². The van der Waals surface area contributed by atoms with Crippen LogP contribution >= 0.6 is 24.2 Å². The van der Waals surface area contributed by atoms with E-state index in [4.69, 9.17) is 20.3 Å². The molecule has 7 nitrogen and oxygen atoms in total. The van der Waals surface area contributed by atoms with Crippen molar-refractivity contribution in [3.05, 3.63) is 0 Å². The van der Waals surface area contributed by atoms with Crippen molar-refractivity contribution < 1.29 is 29.0 Å². The Hall–Kier alpha value is -0.990. The second-order valence-electron chi connectivity index (χ2n) is 13.3. The van der Waals surface area contributed by atoms with Gasteiger partial charge in [-0.2, -0.15) is 11.8 Å². The number of carbonyl (C=O) groups is 3. The highest BCUT2D eigenvalue weighted by Gasteiger charge is 2.19. The normalized spacial score (nSPS) is 12.3. The molecular formula is C38H74ClNO6S. The lowest BCUT2D eigenvalue weighted by Gasteiger charge is -2.18. The number of carbonyl (C=O) groups excluding carboxylic acids is 2. The first-order valence-electron chi connectivity index (χ1n) is 19.3. The van der Waals surface area contributed by atoms with E-state index in [1.807, 2.05) is 0 Å². The summed E-state index contributed by atoms with van der Waals surface area (Å²) in [6.07, 6.45) is 32.6. The Bertz CT molecular complexity index is 714. The Morgan fingerprint density at radius 1 is 0.553 bits per heavy atom. The smallest absolute Gasteiger partial charge is 0.321 e. The Morgan fingerprint density at radius 2 is 0.894 bits per heavy atom. The van der Waals surface area contributed by atoms with Crippen molar-refractivity contribution in [3.63, 3.8) is 0 Å². The first kappa shape index (κ1) is 48.1. The van der Waals surface area contributed by atoms with Crippen LogP contribution in [0.5, 0.6) is 0 Å². The molecule has 0 rings (SSSR count). The fourth-order valence-corrected chi connectivity index (χ4v) is 6.55. The molecule has 3 N–H and O–H groups in total. The first-order chi connectivity index (χ1) is 22.4. The van der Waals surface area contributed by atoms with Gasteiger partial charge in [0, 0.05) is 24.3 Å². The quantitative estimate of drug-likeness (QED) is 0.0488. The molecule has 0 bridgehead atoms.